The van der Waals surface area contributed by atoms with Crippen LogP contribution in [0.3, 0.4) is 0 Å². The molecule has 3 fully saturated rings. The zero-order chi connectivity index (χ0) is 16.8. The lowest BCUT2D eigenvalue weighted by Gasteiger charge is -2.27. The van der Waals surface area contributed by atoms with Crippen molar-refractivity contribution in [2.24, 2.45) is 0 Å². The van der Waals surface area contributed by atoms with E-state index in [4.69, 9.17) is 4.52 Å². The normalized spacial score (nSPS) is 27.9. The first-order valence-electron chi connectivity index (χ1n) is 8.59. The van der Waals surface area contributed by atoms with Gasteiger partial charge in [0.25, 0.3) is 0 Å². The summed E-state index contributed by atoms with van der Waals surface area (Å²) in [5.41, 5.74) is -0.599. The molecule has 0 radical (unpaired) electrons. The Labute approximate surface area is 140 Å². The molecule has 1 aromatic rings. The molecule has 2 saturated carbocycles. The van der Waals surface area contributed by atoms with E-state index < -0.39 is 15.4 Å². The topological polar surface area (TPSA) is 114 Å². The van der Waals surface area contributed by atoms with Crippen molar-refractivity contribution < 1.29 is 17.7 Å². The van der Waals surface area contributed by atoms with Crippen LogP contribution in [0.5, 0.6) is 0 Å². The molecule has 1 atom stereocenters. The van der Waals surface area contributed by atoms with Gasteiger partial charge in [0.05, 0.1) is 11.5 Å². The van der Waals surface area contributed by atoms with E-state index in [1.54, 1.807) is 0 Å². The van der Waals surface area contributed by atoms with E-state index in [9.17, 15) is 13.2 Å². The fourth-order valence-corrected chi connectivity index (χ4v) is 5.33. The number of amides is 2. The van der Waals surface area contributed by atoms with Crippen LogP contribution in [0.1, 0.15) is 62.6 Å². The maximum absolute atomic E-state index is 12.4. The smallest absolute Gasteiger partial charge is 0.315 e. The Balaban J connectivity index is 1.45. The molecule has 0 bridgehead atoms. The van der Waals surface area contributed by atoms with Crippen molar-refractivity contribution in [1.29, 1.82) is 0 Å². The van der Waals surface area contributed by atoms with Crippen LogP contribution < -0.4 is 10.6 Å². The van der Waals surface area contributed by atoms with Gasteiger partial charge < -0.3 is 15.2 Å². The minimum absolute atomic E-state index is 0.0153. The minimum atomic E-state index is -3.02. The molecule has 2 aliphatic carbocycles. The third kappa shape index (κ3) is 3.13. The minimum Gasteiger partial charge on any atom is -0.339 e. The summed E-state index contributed by atoms with van der Waals surface area (Å²) in [6.45, 7) is 0. The quantitative estimate of drug-likeness (QED) is 0.840. The van der Waals surface area contributed by atoms with Gasteiger partial charge in [-0.3, -0.25) is 0 Å². The summed E-state index contributed by atoms with van der Waals surface area (Å²) >= 11 is 0. The number of urea groups is 1. The van der Waals surface area contributed by atoms with Gasteiger partial charge in [0.2, 0.25) is 5.89 Å². The van der Waals surface area contributed by atoms with Crippen molar-refractivity contribution in [1.82, 2.24) is 20.8 Å². The number of nitrogens with zero attached hydrogens (tertiary/aromatic N) is 2. The number of hydrogen-bond donors (Lipinski definition) is 2. The van der Waals surface area contributed by atoms with Crippen molar-refractivity contribution in [3.8, 4) is 0 Å². The maximum atomic E-state index is 12.4. The molecule has 9 heteroatoms. The van der Waals surface area contributed by atoms with E-state index >= 15 is 0 Å². The molecular weight excluding hydrogens is 332 g/mol. The summed E-state index contributed by atoms with van der Waals surface area (Å²) in [5, 5.41) is 9.90. The lowest BCUT2D eigenvalue weighted by atomic mass is 9.97. The van der Waals surface area contributed by atoms with E-state index in [-0.39, 0.29) is 23.6 Å². The monoisotopic (exact) mass is 354 g/mol. The summed E-state index contributed by atoms with van der Waals surface area (Å²) in [4.78, 5) is 16.9. The highest BCUT2D eigenvalue weighted by molar-refractivity contribution is 7.91. The van der Waals surface area contributed by atoms with Gasteiger partial charge in [-0.2, -0.15) is 4.98 Å². The van der Waals surface area contributed by atoms with Crippen LogP contribution in [-0.2, 0) is 15.4 Å². The Morgan fingerprint density at radius 2 is 1.96 bits per heavy atom. The lowest BCUT2D eigenvalue weighted by Crippen LogP contribution is -2.51. The first-order chi connectivity index (χ1) is 11.5. The van der Waals surface area contributed by atoms with Crippen molar-refractivity contribution in [3.05, 3.63) is 11.7 Å². The molecule has 8 nitrogen and oxygen atoms in total. The Kier molecular flexibility index (Phi) is 3.78. The third-order valence-corrected chi connectivity index (χ3v) is 6.94. The zero-order valence-corrected chi connectivity index (χ0v) is 14.3. The van der Waals surface area contributed by atoms with Crippen LogP contribution in [0.2, 0.25) is 0 Å². The lowest BCUT2D eigenvalue weighted by molar-refractivity contribution is 0.218. The molecule has 0 spiro atoms. The number of nitrogens with one attached hydrogen (secondary N) is 2. The highest BCUT2D eigenvalue weighted by Gasteiger charge is 2.43. The van der Waals surface area contributed by atoms with Crippen LogP contribution in [0, 0.1) is 0 Å². The van der Waals surface area contributed by atoms with Crippen molar-refractivity contribution in [2.75, 3.05) is 11.5 Å². The summed E-state index contributed by atoms with van der Waals surface area (Å²) in [5.74, 6) is 1.75. The van der Waals surface area contributed by atoms with Gasteiger partial charge in [0, 0.05) is 12.0 Å². The second-order valence-corrected chi connectivity index (χ2v) is 9.45. The van der Waals surface area contributed by atoms with Crippen LogP contribution in [-0.4, -0.2) is 42.1 Å². The molecule has 1 aromatic heterocycles. The Morgan fingerprint density at radius 1 is 1.21 bits per heavy atom. The predicted molar refractivity (Wildman–Crippen MR) is 85.1 cm³/mol. The van der Waals surface area contributed by atoms with Gasteiger partial charge in [0.15, 0.2) is 15.7 Å². The van der Waals surface area contributed by atoms with Crippen LogP contribution in [0.4, 0.5) is 4.79 Å². The average Bonchev–Trinajstić information content (AvgIpc) is 2.94. The standard InChI is InChI=1S/C15H22N4O4S/c20-14(16-11-5-8-24(21,22)9-11)18-15(6-1-2-7-15)13-17-12(23-19-13)10-3-4-10/h10-11H,1-9H2,(H2,16,18,20)/t11-/m1/s1. The maximum Gasteiger partial charge on any atom is 0.315 e. The third-order valence-electron chi connectivity index (χ3n) is 5.17. The summed E-state index contributed by atoms with van der Waals surface area (Å²) in [6, 6.07) is -0.669. The molecule has 0 unspecified atom stereocenters. The van der Waals surface area contributed by atoms with E-state index in [2.05, 4.69) is 20.8 Å². The number of carbonyl (C=O) groups excluding carboxylic acids is 1. The van der Waals surface area contributed by atoms with Crippen molar-refractivity contribution in [2.45, 2.75) is 62.4 Å². The van der Waals surface area contributed by atoms with E-state index in [0.717, 1.165) is 38.5 Å². The molecule has 24 heavy (non-hydrogen) atoms. The fraction of sp³-hybridized carbons (Fsp3) is 0.800. The fourth-order valence-electron chi connectivity index (χ4n) is 3.66. The molecule has 2 amide bonds. The number of sulfone groups is 1. The molecule has 2 heterocycles. The SMILES string of the molecule is O=C(N[C@@H]1CCS(=O)(=O)C1)NC1(c2noc(C3CC3)n2)CCCC1. The van der Waals surface area contributed by atoms with Gasteiger partial charge in [-0.25, -0.2) is 13.2 Å². The van der Waals surface area contributed by atoms with Gasteiger partial charge in [-0.1, -0.05) is 18.0 Å². The second kappa shape index (κ2) is 5.72. The van der Waals surface area contributed by atoms with Gasteiger partial charge in [-0.05, 0) is 32.1 Å². The van der Waals surface area contributed by atoms with Crippen molar-refractivity contribution in [3.63, 3.8) is 0 Å². The molecule has 1 saturated heterocycles. The molecular formula is C15H22N4O4S. The van der Waals surface area contributed by atoms with Gasteiger partial charge in [0.1, 0.15) is 5.54 Å². The molecule has 1 aliphatic heterocycles. The Morgan fingerprint density at radius 3 is 2.58 bits per heavy atom. The first-order valence-corrected chi connectivity index (χ1v) is 10.4. The first kappa shape index (κ1) is 15.9. The Bertz CT molecular complexity index is 734. The summed E-state index contributed by atoms with van der Waals surface area (Å²) < 4.78 is 28.4. The number of rotatable bonds is 4. The van der Waals surface area contributed by atoms with Crippen LogP contribution >= 0.6 is 0 Å². The second-order valence-electron chi connectivity index (χ2n) is 7.22. The van der Waals surface area contributed by atoms with Crippen LogP contribution in [0.15, 0.2) is 4.52 Å². The van der Waals surface area contributed by atoms with Crippen LogP contribution in [0.25, 0.3) is 0 Å². The van der Waals surface area contributed by atoms with E-state index in [1.165, 1.54) is 0 Å². The molecule has 3 aliphatic rings. The molecule has 2 N–H and O–H groups in total. The number of aromatic nitrogens is 2. The average molecular weight is 354 g/mol. The summed E-state index contributed by atoms with van der Waals surface area (Å²) in [6.07, 6.45) is 6.16. The van der Waals surface area contributed by atoms with Crippen molar-refractivity contribution >= 4 is 15.9 Å². The predicted octanol–water partition coefficient (Wildman–Crippen LogP) is 1.20. The highest BCUT2D eigenvalue weighted by Crippen LogP contribution is 2.42. The molecule has 132 valence electrons. The Hall–Kier alpha value is -1.64. The van der Waals surface area contributed by atoms with Gasteiger partial charge in [-0.15, -0.1) is 0 Å². The molecule has 0 aromatic carbocycles. The van der Waals surface area contributed by atoms with E-state index in [0.29, 0.717) is 24.1 Å². The number of carbonyl (C=O) groups is 1. The zero-order valence-electron chi connectivity index (χ0n) is 13.5. The van der Waals surface area contributed by atoms with E-state index in [1.807, 2.05) is 0 Å². The molecule has 4 rings (SSSR count). The summed E-state index contributed by atoms with van der Waals surface area (Å²) in [7, 11) is -3.02. The largest absolute Gasteiger partial charge is 0.339 e. The number of hydrogen-bond acceptors (Lipinski definition) is 6. The highest BCUT2D eigenvalue weighted by atomic mass is 32.2. The van der Waals surface area contributed by atoms with Gasteiger partial charge >= 0.3 is 6.03 Å².